The molecule has 0 atom stereocenters. The minimum absolute atomic E-state index is 0.0562. The van der Waals surface area contributed by atoms with E-state index in [4.69, 9.17) is 14.2 Å². The van der Waals surface area contributed by atoms with Gasteiger partial charge in [0.2, 0.25) is 10.0 Å². The summed E-state index contributed by atoms with van der Waals surface area (Å²) in [5.74, 6) is 0.723. The summed E-state index contributed by atoms with van der Waals surface area (Å²) in [5, 5.41) is 2.81. The van der Waals surface area contributed by atoms with Crippen molar-refractivity contribution >= 4 is 21.6 Å². The molecule has 3 aromatic rings. The third kappa shape index (κ3) is 4.63. The average molecular weight is 483 g/mol. The van der Waals surface area contributed by atoms with Gasteiger partial charge in [-0.15, -0.1) is 0 Å². The number of nitrogens with zero attached hydrogens (tertiary/aromatic N) is 1. The number of carbonyl (C=O) groups is 1. The minimum Gasteiger partial charge on any atom is -0.456 e. The van der Waals surface area contributed by atoms with Crippen LogP contribution in [0.25, 0.3) is 0 Å². The zero-order chi connectivity index (χ0) is 24.5. The van der Waals surface area contributed by atoms with Crippen LogP contribution in [0.1, 0.15) is 21.5 Å². The molecule has 0 saturated heterocycles. The van der Waals surface area contributed by atoms with Crippen molar-refractivity contribution in [1.82, 2.24) is 4.31 Å². The molecule has 0 bridgehead atoms. The van der Waals surface area contributed by atoms with E-state index in [1.165, 1.54) is 26.3 Å². The van der Waals surface area contributed by atoms with Gasteiger partial charge in [-0.1, -0.05) is 24.3 Å². The van der Waals surface area contributed by atoms with Crippen molar-refractivity contribution in [3.8, 4) is 23.0 Å². The summed E-state index contributed by atoms with van der Waals surface area (Å²) in [6, 6.07) is 15.4. The number of hydrogen-bond donors (Lipinski definition) is 1. The molecule has 8 nitrogen and oxygen atoms in total. The molecule has 1 amide bonds. The van der Waals surface area contributed by atoms with E-state index in [9.17, 15) is 13.2 Å². The highest BCUT2D eigenvalue weighted by Crippen LogP contribution is 2.42. The maximum atomic E-state index is 13.5. The first kappa shape index (κ1) is 23.7. The van der Waals surface area contributed by atoms with Crippen LogP contribution in [0.3, 0.4) is 0 Å². The largest absolute Gasteiger partial charge is 0.456 e. The van der Waals surface area contributed by atoms with E-state index in [1.807, 2.05) is 32.0 Å². The maximum absolute atomic E-state index is 13.5. The molecule has 0 unspecified atom stereocenters. The van der Waals surface area contributed by atoms with E-state index < -0.39 is 15.9 Å². The van der Waals surface area contributed by atoms with E-state index in [0.29, 0.717) is 17.2 Å². The standard InChI is InChI=1S/C25H26N2O6S/c1-16-9-10-21-19(13-16)26-25(28)18-14-24(34(29,30)27(3)11-12-31-4)23(15-22(18)33-21)32-20-8-6-5-7-17(20)2/h5-10,13-15H,11-12H2,1-4H3,(H,26,28). The maximum Gasteiger partial charge on any atom is 0.259 e. The number of para-hydroxylation sites is 1. The van der Waals surface area contributed by atoms with Gasteiger partial charge < -0.3 is 19.5 Å². The molecule has 0 radical (unpaired) electrons. The normalized spacial score (nSPS) is 12.9. The Labute approximate surface area is 199 Å². The highest BCUT2D eigenvalue weighted by molar-refractivity contribution is 7.89. The molecule has 0 aliphatic carbocycles. The molecule has 0 saturated carbocycles. The minimum atomic E-state index is -4.02. The first-order chi connectivity index (χ1) is 16.2. The van der Waals surface area contributed by atoms with Crippen molar-refractivity contribution in [1.29, 1.82) is 0 Å². The van der Waals surface area contributed by atoms with Crippen molar-refractivity contribution in [2.45, 2.75) is 18.7 Å². The van der Waals surface area contributed by atoms with Crippen molar-refractivity contribution in [2.24, 2.45) is 0 Å². The second-order valence-corrected chi connectivity index (χ2v) is 10.1. The third-order valence-corrected chi connectivity index (χ3v) is 7.38. The lowest BCUT2D eigenvalue weighted by Gasteiger charge is -2.21. The number of amides is 1. The van der Waals surface area contributed by atoms with Crippen LogP contribution in [0.15, 0.2) is 59.5 Å². The smallest absolute Gasteiger partial charge is 0.259 e. The molecule has 9 heteroatoms. The lowest BCUT2D eigenvalue weighted by molar-refractivity contribution is 0.102. The number of rotatable bonds is 7. The number of anilines is 1. The van der Waals surface area contributed by atoms with Crippen molar-refractivity contribution in [3.05, 3.63) is 71.3 Å². The monoisotopic (exact) mass is 482 g/mol. The summed E-state index contributed by atoms with van der Waals surface area (Å²) in [6.45, 7) is 4.11. The molecular weight excluding hydrogens is 456 g/mol. The quantitative estimate of drug-likeness (QED) is 0.524. The molecule has 4 rings (SSSR count). The Morgan fingerprint density at radius 3 is 2.50 bits per heavy atom. The topological polar surface area (TPSA) is 94.2 Å². The summed E-state index contributed by atoms with van der Waals surface area (Å²) in [5.41, 5.74) is 2.36. The molecule has 1 N–H and O–H groups in total. The average Bonchev–Trinajstić information content (AvgIpc) is 2.93. The first-order valence-electron chi connectivity index (χ1n) is 10.7. The number of aryl methyl sites for hydroxylation is 2. The predicted molar refractivity (Wildman–Crippen MR) is 129 cm³/mol. The molecule has 178 valence electrons. The van der Waals surface area contributed by atoms with Gasteiger partial charge in [-0.3, -0.25) is 4.79 Å². The number of fused-ring (bicyclic) bond motifs is 2. The van der Waals surface area contributed by atoms with Gasteiger partial charge >= 0.3 is 0 Å². The molecule has 0 spiro atoms. The summed E-state index contributed by atoms with van der Waals surface area (Å²) in [6.07, 6.45) is 0. The number of hydrogen-bond acceptors (Lipinski definition) is 6. The van der Waals surface area contributed by atoms with Crippen LogP contribution in [0, 0.1) is 13.8 Å². The molecule has 0 fully saturated rings. The highest BCUT2D eigenvalue weighted by Gasteiger charge is 2.31. The van der Waals surface area contributed by atoms with Gasteiger partial charge in [-0.25, -0.2) is 8.42 Å². The van der Waals surface area contributed by atoms with E-state index in [0.717, 1.165) is 15.4 Å². The summed E-state index contributed by atoms with van der Waals surface area (Å²) in [4.78, 5) is 12.9. The Bertz CT molecular complexity index is 1350. The summed E-state index contributed by atoms with van der Waals surface area (Å²) < 4.78 is 45.3. The number of nitrogens with one attached hydrogen (secondary N) is 1. The molecule has 1 heterocycles. The van der Waals surface area contributed by atoms with Crippen molar-refractivity contribution in [3.63, 3.8) is 0 Å². The predicted octanol–water partition coefficient (Wildman–Crippen LogP) is 4.72. The second-order valence-electron chi connectivity index (χ2n) is 8.04. The Balaban J connectivity index is 1.87. The number of sulfonamides is 1. The fourth-order valence-corrected chi connectivity index (χ4v) is 4.79. The van der Waals surface area contributed by atoms with Gasteiger partial charge in [0.1, 0.15) is 16.4 Å². The second kappa shape index (κ2) is 9.46. The molecule has 1 aliphatic heterocycles. The number of ether oxygens (including phenoxy) is 3. The third-order valence-electron chi connectivity index (χ3n) is 5.51. The lowest BCUT2D eigenvalue weighted by Crippen LogP contribution is -2.30. The van der Waals surface area contributed by atoms with E-state index in [-0.39, 0.29) is 35.1 Å². The zero-order valence-electron chi connectivity index (χ0n) is 19.4. The van der Waals surface area contributed by atoms with Gasteiger partial charge in [0.25, 0.3) is 5.91 Å². The van der Waals surface area contributed by atoms with Crippen LogP contribution >= 0.6 is 0 Å². The molecule has 3 aromatic carbocycles. The van der Waals surface area contributed by atoms with E-state index >= 15 is 0 Å². The number of likely N-dealkylation sites (N-methyl/N-ethyl adjacent to an activating group) is 1. The van der Waals surface area contributed by atoms with Gasteiger partial charge in [0.05, 0.1) is 17.9 Å². The van der Waals surface area contributed by atoms with Crippen molar-refractivity contribution in [2.75, 3.05) is 32.6 Å². The molecule has 1 aliphatic rings. The van der Waals surface area contributed by atoms with Gasteiger partial charge in [-0.05, 0) is 49.2 Å². The van der Waals surface area contributed by atoms with Crippen LogP contribution in [-0.2, 0) is 14.8 Å². The SMILES string of the molecule is COCCN(C)S(=O)(=O)c1cc2c(cc1Oc1ccccc1C)Oc1ccc(C)cc1NC2=O. The highest BCUT2D eigenvalue weighted by atomic mass is 32.2. The Kier molecular flexibility index (Phi) is 6.60. The van der Waals surface area contributed by atoms with Crippen LogP contribution in [0.5, 0.6) is 23.0 Å². The zero-order valence-corrected chi connectivity index (χ0v) is 20.2. The Hall–Kier alpha value is -3.40. The van der Waals surface area contributed by atoms with Gasteiger partial charge in [0, 0.05) is 26.8 Å². The Morgan fingerprint density at radius 2 is 1.76 bits per heavy atom. The number of methoxy groups -OCH3 is 1. The van der Waals surface area contributed by atoms with Gasteiger partial charge in [-0.2, -0.15) is 4.31 Å². The van der Waals surface area contributed by atoms with E-state index in [2.05, 4.69) is 5.32 Å². The van der Waals surface area contributed by atoms with E-state index in [1.54, 1.807) is 24.3 Å². The number of carbonyl (C=O) groups excluding carboxylic acids is 1. The number of benzene rings is 3. The summed E-state index contributed by atoms with van der Waals surface area (Å²) in [7, 11) is -1.08. The van der Waals surface area contributed by atoms with Crippen LogP contribution in [0.4, 0.5) is 5.69 Å². The van der Waals surface area contributed by atoms with Gasteiger partial charge in [0.15, 0.2) is 11.5 Å². The van der Waals surface area contributed by atoms with Crippen molar-refractivity contribution < 1.29 is 27.4 Å². The molecular formula is C25H26N2O6S. The van der Waals surface area contributed by atoms with Crippen LogP contribution in [-0.4, -0.2) is 45.9 Å². The van der Waals surface area contributed by atoms with Crippen LogP contribution in [0.2, 0.25) is 0 Å². The lowest BCUT2D eigenvalue weighted by atomic mass is 10.1. The molecule has 0 aromatic heterocycles. The fourth-order valence-electron chi connectivity index (χ4n) is 3.52. The summed E-state index contributed by atoms with van der Waals surface area (Å²) >= 11 is 0. The first-order valence-corrected chi connectivity index (χ1v) is 12.1. The Morgan fingerprint density at radius 1 is 1.00 bits per heavy atom. The van der Waals surface area contributed by atoms with Crippen LogP contribution < -0.4 is 14.8 Å². The fraction of sp³-hybridized carbons (Fsp3) is 0.240. The molecule has 34 heavy (non-hydrogen) atoms.